The molecule has 0 aliphatic carbocycles. The fourth-order valence-electron chi connectivity index (χ4n) is 4.81. The van der Waals surface area contributed by atoms with Crippen LogP contribution < -0.4 is 0 Å². The molecule has 9 heteroatoms. The first-order chi connectivity index (χ1) is 20.3. The van der Waals surface area contributed by atoms with Crippen LogP contribution in [-0.4, -0.2) is 61.8 Å². The Morgan fingerprint density at radius 1 is 1.21 bits per heavy atom. The summed E-state index contributed by atoms with van der Waals surface area (Å²) in [7, 11) is 0. The molecule has 0 bridgehead atoms. The fraction of sp³-hybridized carbons (Fsp3) is 0.500. The van der Waals surface area contributed by atoms with Gasteiger partial charge in [-0.25, -0.2) is 9.78 Å². The van der Waals surface area contributed by atoms with Crippen molar-refractivity contribution in [2.75, 3.05) is 0 Å². The molecule has 0 fully saturated rings. The van der Waals surface area contributed by atoms with Gasteiger partial charge in [0, 0.05) is 37.7 Å². The number of hydrogen-bond donors (Lipinski definition) is 4. The minimum atomic E-state index is -0.976. The maximum Gasteiger partial charge on any atom is 0.330 e. The number of esters is 1. The molecule has 4 N–H and O–H groups in total. The summed E-state index contributed by atoms with van der Waals surface area (Å²) < 4.78 is 11.0. The summed E-state index contributed by atoms with van der Waals surface area (Å²) in [6, 6.07) is 0. The largest absolute Gasteiger partial charge is 0.481 e. The molecular formula is C34H47NO8. The monoisotopic (exact) mass is 597 g/mol. The van der Waals surface area contributed by atoms with Gasteiger partial charge in [-0.15, -0.1) is 0 Å². The highest BCUT2D eigenvalue weighted by Crippen LogP contribution is 2.26. The van der Waals surface area contributed by atoms with Crippen LogP contribution in [0.2, 0.25) is 0 Å². The van der Waals surface area contributed by atoms with E-state index in [9.17, 15) is 30.0 Å². The van der Waals surface area contributed by atoms with E-state index < -0.39 is 42.3 Å². The number of nitrogens with zero attached hydrogens (tertiary/aromatic N) is 1. The van der Waals surface area contributed by atoms with E-state index >= 15 is 0 Å². The van der Waals surface area contributed by atoms with E-state index in [0.29, 0.717) is 22.7 Å². The molecule has 236 valence electrons. The van der Waals surface area contributed by atoms with Crippen molar-refractivity contribution in [3.05, 3.63) is 83.2 Å². The molecule has 7 atom stereocenters. The van der Waals surface area contributed by atoms with Gasteiger partial charge in [0.1, 0.15) is 18.1 Å². The Balaban J connectivity index is 2.26. The number of aryl methyl sites for hydroxylation is 1. The van der Waals surface area contributed by atoms with Crippen LogP contribution in [0.4, 0.5) is 0 Å². The van der Waals surface area contributed by atoms with E-state index in [-0.39, 0.29) is 37.5 Å². The first kappa shape index (κ1) is 35.7. The maximum absolute atomic E-state index is 12.8. The second-order valence-electron chi connectivity index (χ2n) is 11.5. The Kier molecular flexibility index (Phi) is 14.6. The summed E-state index contributed by atoms with van der Waals surface area (Å²) in [6.45, 7) is 10.8. The summed E-state index contributed by atoms with van der Waals surface area (Å²) in [5, 5.41) is 42.0. The zero-order valence-electron chi connectivity index (χ0n) is 26.0. The number of oxazole rings is 1. The number of hydrogen-bond acceptors (Lipinski definition) is 8. The molecule has 0 saturated carbocycles. The SMILES string of the molecule is CC(/C=C/C=C(\C)[C@H](O)[C@H](C)[C@@H]1C[C@H](O)/C(C)=C/C=C/[C@@H](C)[C@H](O)CC(CC(=O)O)C/C=C/C(=O)O1)=C\c1coc(C)n1. The molecule has 1 aromatic rings. The van der Waals surface area contributed by atoms with Gasteiger partial charge in [-0.05, 0) is 62.3 Å². The molecule has 0 saturated heterocycles. The molecule has 1 unspecified atom stereocenters. The number of ether oxygens (including phenoxy) is 1. The molecule has 9 nitrogen and oxygen atoms in total. The standard InChI is InChI=1S/C34H47NO8/c1-21(16-28-20-42-26(6)35-28)10-7-13-24(4)34(41)25(5)31-19-30(37)23(3)12-8-11-22(2)29(36)17-27(18-32(38)39)14-9-15-33(40)43-31/h7-13,15-16,20,22,25,27,29-31,34,36-37,41H,14,17-19H2,1-6H3,(H,38,39)/b10-7+,11-8+,15-9+,21-16+,23-12+,24-13+/t22-,25-,27?,29-,30+,31+,34+/m1/s1. The summed E-state index contributed by atoms with van der Waals surface area (Å²) in [6.07, 6.45) is 14.0. The quantitative estimate of drug-likeness (QED) is 0.225. The summed E-state index contributed by atoms with van der Waals surface area (Å²) in [5.41, 5.74) is 2.94. The maximum atomic E-state index is 12.8. The third-order valence-corrected chi connectivity index (χ3v) is 7.67. The van der Waals surface area contributed by atoms with E-state index in [0.717, 1.165) is 5.57 Å². The van der Waals surface area contributed by atoms with Gasteiger partial charge in [0.2, 0.25) is 0 Å². The third-order valence-electron chi connectivity index (χ3n) is 7.67. The molecule has 1 aliphatic rings. The van der Waals surface area contributed by atoms with Gasteiger partial charge < -0.3 is 29.6 Å². The van der Waals surface area contributed by atoms with E-state index in [2.05, 4.69) is 4.98 Å². The van der Waals surface area contributed by atoms with Crippen molar-refractivity contribution in [2.45, 2.75) is 91.6 Å². The van der Waals surface area contributed by atoms with Gasteiger partial charge >= 0.3 is 11.9 Å². The van der Waals surface area contributed by atoms with E-state index in [1.807, 2.05) is 38.2 Å². The zero-order chi connectivity index (χ0) is 32.1. The van der Waals surface area contributed by atoms with Gasteiger partial charge in [0.25, 0.3) is 0 Å². The number of carboxylic acids is 1. The number of aromatic nitrogens is 1. The van der Waals surface area contributed by atoms with Crippen LogP contribution in [0.25, 0.3) is 6.08 Å². The van der Waals surface area contributed by atoms with Gasteiger partial charge in [-0.3, -0.25) is 4.79 Å². The van der Waals surface area contributed by atoms with Crippen molar-refractivity contribution in [3.8, 4) is 0 Å². The molecule has 0 aromatic carbocycles. The number of rotatable bonds is 8. The van der Waals surface area contributed by atoms with Crippen molar-refractivity contribution in [2.24, 2.45) is 17.8 Å². The average Bonchev–Trinajstić information content (AvgIpc) is 3.34. The lowest BCUT2D eigenvalue weighted by atomic mass is 9.88. The minimum Gasteiger partial charge on any atom is -0.481 e. The molecule has 0 amide bonds. The second kappa shape index (κ2) is 17.6. The van der Waals surface area contributed by atoms with Gasteiger partial charge in [-0.2, -0.15) is 0 Å². The van der Waals surface area contributed by atoms with Gasteiger partial charge in [0.15, 0.2) is 5.89 Å². The number of carboxylic acid groups (broad SMARTS) is 1. The van der Waals surface area contributed by atoms with Crippen molar-refractivity contribution in [1.29, 1.82) is 0 Å². The molecule has 2 rings (SSSR count). The van der Waals surface area contributed by atoms with Crippen molar-refractivity contribution in [3.63, 3.8) is 0 Å². The number of carbonyl (C=O) groups is 2. The molecule has 0 spiro atoms. The Morgan fingerprint density at radius 3 is 2.58 bits per heavy atom. The van der Waals surface area contributed by atoms with Crippen LogP contribution in [0.5, 0.6) is 0 Å². The summed E-state index contributed by atoms with van der Waals surface area (Å²) >= 11 is 0. The number of aliphatic carboxylic acids is 1. The summed E-state index contributed by atoms with van der Waals surface area (Å²) in [5.74, 6) is -2.20. The van der Waals surface area contributed by atoms with Crippen LogP contribution in [0, 0.1) is 24.7 Å². The highest BCUT2D eigenvalue weighted by molar-refractivity contribution is 5.82. The Hall–Kier alpha value is -3.53. The first-order valence-corrected chi connectivity index (χ1v) is 14.7. The number of allylic oxidation sites excluding steroid dienone is 7. The normalized spacial score (nSPS) is 29.4. The van der Waals surface area contributed by atoms with Crippen molar-refractivity contribution >= 4 is 18.0 Å². The first-order valence-electron chi connectivity index (χ1n) is 14.7. The predicted octanol–water partition coefficient (Wildman–Crippen LogP) is 5.49. The smallest absolute Gasteiger partial charge is 0.330 e. The third kappa shape index (κ3) is 12.7. The number of aliphatic hydroxyl groups is 3. The average molecular weight is 598 g/mol. The van der Waals surface area contributed by atoms with Crippen molar-refractivity contribution < 1.29 is 39.2 Å². The topological polar surface area (TPSA) is 150 Å². The lowest BCUT2D eigenvalue weighted by Gasteiger charge is -2.30. The molecule has 2 heterocycles. The van der Waals surface area contributed by atoms with E-state index in [4.69, 9.17) is 9.15 Å². The lowest BCUT2D eigenvalue weighted by molar-refractivity contribution is -0.148. The predicted molar refractivity (Wildman–Crippen MR) is 166 cm³/mol. The highest BCUT2D eigenvalue weighted by atomic mass is 16.5. The van der Waals surface area contributed by atoms with Gasteiger partial charge in [0.05, 0.1) is 18.3 Å². The lowest BCUT2D eigenvalue weighted by Crippen LogP contribution is -2.36. The Labute approximate surface area is 254 Å². The minimum absolute atomic E-state index is 0.0654. The molecular weight excluding hydrogens is 550 g/mol. The number of cyclic esters (lactones) is 1. The number of carbonyl (C=O) groups excluding carboxylic acids is 1. The molecule has 1 aromatic heterocycles. The van der Waals surface area contributed by atoms with E-state index in [1.165, 1.54) is 6.08 Å². The second-order valence-corrected chi connectivity index (χ2v) is 11.5. The van der Waals surface area contributed by atoms with Crippen LogP contribution in [-0.2, 0) is 14.3 Å². The Bertz CT molecular complexity index is 1250. The fourth-order valence-corrected chi connectivity index (χ4v) is 4.81. The van der Waals surface area contributed by atoms with Crippen molar-refractivity contribution in [1.82, 2.24) is 4.98 Å². The van der Waals surface area contributed by atoms with E-state index in [1.54, 1.807) is 58.3 Å². The van der Waals surface area contributed by atoms with Crippen LogP contribution >= 0.6 is 0 Å². The molecule has 43 heavy (non-hydrogen) atoms. The van der Waals surface area contributed by atoms with Gasteiger partial charge in [-0.1, -0.05) is 56.4 Å². The molecule has 1 aliphatic heterocycles. The highest BCUT2D eigenvalue weighted by Gasteiger charge is 2.30. The molecule has 0 radical (unpaired) electrons. The van der Waals surface area contributed by atoms with Crippen LogP contribution in [0.1, 0.15) is 71.9 Å². The van der Waals surface area contributed by atoms with Crippen LogP contribution in [0.15, 0.2) is 76.0 Å². The number of aliphatic hydroxyl groups excluding tert-OH is 3. The zero-order valence-corrected chi connectivity index (χ0v) is 26.0. The Morgan fingerprint density at radius 2 is 1.93 bits per heavy atom. The summed E-state index contributed by atoms with van der Waals surface area (Å²) in [4.78, 5) is 28.4. The van der Waals surface area contributed by atoms with Crippen LogP contribution in [0.3, 0.4) is 0 Å².